The highest BCUT2D eigenvalue weighted by Gasteiger charge is 2.30. The number of aromatic nitrogens is 1. The van der Waals surface area contributed by atoms with Crippen molar-refractivity contribution in [2.45, 2.75) is 19.5 Å². The number of hydrogen-bond donors (Lipinski definition) is 0. The zero-order valence-corrected chi connectivity index (χ0v) is 15.3. The molecule has 27 heavy (non-hydrogen) atoms. The zero-order valence-electron chi connectivity index (χ0n) is 14.5. The van der Waals surface area contributed by atoms with Crippen LogP contribution in [0.1, 0.15) is 30.4 Å². The lowest BCUT2D eigenvalue weighted by molar-refractivity contribution is -0.137. The molecule has 1 aromatic heterocycles. The van der Waals surface area contributed by atoms with Gasteiger partial charge in [0, 0.05) is 23.6 Å². The molecular formula is C20H17ClF3NO2. The average Bonchev–Trinajstić information content (AvgIpc) is 3.03. The number of oxazole rings is 1. The van der Waals surface area contributed by atoms with Crippen LogP contribution < -0.4 is 0 Å². The molecule has 3 nitrogen and oxygen atoms in total. The molecule has 0 bridgehead atoms. The predicted molar refractivity (Wildman–Crippen MR) is 99.4 cm³/mol. The van der Waals surface area contributed by atoms with Crippen LogP contribution in [0.15, 0.2) is 46.9 Å². The molecule has 0 aliphatic rings. The second-order valence-electron chi connectivity index (χ2n) is 5.87. The summed E-state index contributed by atoms with van der Waals surface area (Å²) >= 11 is 5.98. The first-order chi connectivity index (χ1) is 12.9. The molecule has 0 aliphatic heterocycles. The number of hydrogen-bond acceptors (Lipinski definition) is 3. The Labute approximate surface area is 159 Å². The van der Waals surface area contributed by atoms with Crippen molar-refractivity contribution in [1.82, 2.24) is 4.98 Å². The largest absolute Gasteiger partial charge is 0.436 e. The zero-order chi connectivity index (χ0) is 19.4. The van der Waals surface area contributed by atoms with Gasteiger partial charge in [0.25, 0.3) is 0 Å². The molecular weight excluding hydrogens is 379 g/mol. The highest BCUT2D eigenvalue weighted by Crippen LogP contribution is 2.31. The molecule has 0 saturated carbocycles. The SMILES string of the molecule is CCOCC/C(=C\c1cccc(C(F)(F)F)c1)c1nc2cc(Cl)ccc2o1. The van der Waals surface area contributed by atoms with Crippen LogP contribution in [-0.2, 0) is 10.9 Å². The summed E-state index contributed by atoms with van der Waals surface area (Å²) < 4.78 is 50.1. The van der Waals surface area contributed by atoms with E-state index in [4.69, 9.17) is 20.8 Å². The Balaban J connectivity index is 2.00. The van der Waals surface area contributed by atoms with E-state index >= 15 is 0 Å². The molecule has 142 valence electrons. The number of fused-ring (bicyclic) bond motifs is 1. The summed E-state index contributed by atoms with van der Waals surface area (Å²) in [4.78, 5) is 4.42. The van der Waals surface area contributed by atoms with Gasteiger partial charge in [-0.25, -0.2) is 4.98 Å². The first-order valence-corrected chi connectivity index (χ1v) is 8.76. The normalized spacial score (nSPS) is 12.7. The molecule has 0 N–H and O–H groups in total. The van der Waals surface area contributed by atoms with Crippen molar-refractivity contribution in [3.63, 3.8) is 0 Å². The van der Waals surface area contributed by atoms with Gasteiger partial charge in [0.05, 0.1) is 12.2 Å². The van der Waals surface area contributed by atoms with Crippen LogP contribution >= 0.6 is 11.6 Å². The Hall–Kier alpha value is -2.31. The standard InChI is InChI=1S/C20H17ClF3NO2/c1-2-26-9-8-14(10-13-4-3-5-15(11-13)20(22,23)24)19-25-17-12-16(21)6-7-18(17)27-19/h3-7,10-12H,2,8-9H2,1H3/b14-10+. The summed E-state index contributed by atoms with van der Waals surface area (Å²) in [6.07, 6.45) is -2.31. The first-order valence-electron chi connectivity index (χ1n) is 8.39. The van der Waals surface area contributed by atoms with Gasteiger partial charge in [0.2, 0.25) is 5.89 Å². The Morgan fingerprint density at radius 1 is 1.22 bits per heavy atom. The van der Waals surface area contributed by atoms with Crippen molar-refractivity contribution in [1.29, 1.82) is 0 Å². The van der Waals surface area contributed by atoms with Gasteiger partial charge in [-0.05, 0) is 48.9 Å². The molecule has 0 fully saturated rings. The topological polar surface area (TPSA) is 35.3 Å². The van der Waals surface area contributed by atoms with Gasteiger partial charge in [-0.2, -0.15) is 13.2 Å². The van der Waals surface area contributed by atoms with Crippen LogP contribution in [0.5, 0.6) is 0 Å². The molecule has 0 amide bonds. The molecule has 0 spiro atoms. The van der Waals surface area contributed by atoms with E-state index < -0.39 is 11.7 Å². The third kappa shape index (κ3) is 4.90. The first kappa shape index (κ1) is 19.5. The van der Waals surface area contributed by atoms with E-state index in [2.05, 4.69) is 4.98 Å². The summed E-state index contributed by atoms with van der Waals surface area (Å²) in [5, 5.41) is 0.528. The third-order valence-electron chi connectivity index (χ3n) is 3.90. The fourth-order valence-corrected chi connectivity index (χ4v) is 2.78. The van der Waals surface area contributed by atoms with Gasteiger partial charge in [-0.1, -0.05) is 23.7 Å². The highest BCUT2D eigenvalue weighted by atomic mass is 35.5. The number of ether oxygens (including phenoxy) is 1. The van der Waals surface area contributed by atoms with Gasteiger partial charge >= 0.3 is 6.18 Å². The highest BCUT2D eigenvalue weighted by molar-refractivity contribution is 6.31. The Morgan fingerprint density at radius 3 is 2.78 bits per heavy atom. The van der Waals surface area contributed by atoms with Crippen molar-refractivity contribution in [2.24, 2.45) is 0 Å². The molecule has 3 aromatic rings. The van der Waals surface area contributed by atoms with E-state index in [0.29, 0.717) is 52.8 Å². The lowest BCUT2D eigenvalue weighted by Crippen LogP contribution is -2.04. The van der Waals surface area contributed by atoms with Crippen molar-refractivity contribution < 1.29 is 22.3 Å². The molecule has 3 rings (SSSR count). The number of halogens is 4. The van der Waals surface area contributed by atoms with Gasteiger partial charge in [-0.3, -0.25) is 0 Å². The fraction of sp³-hybridized carbons (Fsp3) is 0.250. The fourth-order valence-electron chi connectivity index (χ4n) is 2.61. The number of rotatable bonds is 6. The quantitative estimate of drug-likeness (QED) is 0.449. The smallest absolute Gasteiger partial charge is 0.416 e. The van der Waals surface area contributed by atoms with Crippen molar-refractivity contribution >= 4 is 34.3 Å². The van der Waals surface area contributed by atoms with Gasteiger partial charge in [-0.15, -0.1) is 0 Å². The summed E-state index contributed by atoms with van der Waals surface area (Å²) in [5.41, 5.74) is 1.50. The average molecular weight is 396 g/mol. The van der Waals surface area contributed by atoms with Crippen LogP contribution in [-0.4, -0.2) is 18.2 Å². The van der Waals surface area contributed by atoms with Crippen molar-refractivity contribution in [2.75, 3.05) is 13.2 Å². The van der Waals surface area contributed by atoms with E-state index in [9.17, 15) is 13.2 Å². The molecule has 0 saturated heterocycles. The van der Waals surface area contributed by atoms with E-state index in [1.165, 1.54) is 6.07 Å². The van der Waals surface area contributed by atoms with E-state index in [1.54, 1.807) is 30.3 Å². The molecule has 0 atom stereocenters. The number of alkyl halides is 3. The lowest BCUT2D eigenvalue weighted by Gasteiger charge is -2.08. The minimum Gasteiger partial charge on any atom is -0.436 e. The molecule has 7 heteroatoms. The maximum absolute atomic E-state index is 13.0. The van der Waals surface area contributed by atoms with Crippen LogP contribution in [0.4, 0.5) is 13.2 Å². The van der Waals surface area contributed by atoms with Gasteiger partial charge < -0.3 is 9.15 Å². The maximum atomic E-state index is 13.0. The Bertz CT molecular complexity index is 963. The monoisotopic (exact) mass is 395 g/mol. The number of nitrogens with zero attached hydrogens (tertiary/aromatic N) is 1. The molecule has 2 aromatic carbocycles. The predicted octanol–water partition coefficient (Wildman–Crippen LogP) is 6.47. The number of benzene rings is 2. The van der Waals surface area contributed by atoms with Gasteiger partial charge in [0.1, 0.15) is 5.52 Å². The summed E-state index contributed by atoms with van der Waals surface area (Å²) in [6.45, 7) is 2.82. The minimum atomic E-state index is -4.40. The maximum Gasteiger partial charge on any atom is 0.416 e. The van der Waals surface area contributed by atoms with Crippen LogP contribution in [0.3, 0.4) is 0 Å². The van der Waals surface area contributed by atoms with Crippen molar-refractivity contribution in [3.8, 4) is 0 Å². The van der Waals surface area contributed by atoms with Crippen molar-refractivity contribution in [3.05, 3.63) is 64.5 Å². The van der Waals surface area contributed by atoms with E-state index in [-0.39, 0.29) is 0 Å². The van der Waals surface area contributed by atoms with Gasteiger partial charge in [0.15, 0.2) is 5.58 Å². The second kappa shape index (κ2) is 8.15. The van der Waals surface area contributed by atoms with Crippen LogP contribution in [0, 0.1) is 0 Å². The molecule has 0 unspecified atom stereocenters. The summed E-state index contributed by atoms with van der Waals surface area (Å²) in [7, 11) is 0. The Morgan fingerprint density at radius 2 is 2.04 bits per heavy atom. The van der Waals surface area contributed by atoms with E-state index in [0.717, 1.165) is 12.1 Å². The Kier molecular flexibility index (Phi) is 5.87. The summed E-state index contributed by atoms with van der Waals surface area (Å²) in [5.74, 6) is 0.337. The second-order valence-corrected chi connectivity index (χ2v) is 6.31. The van der Waals surface area contributed by atoms with Crippen LogP contribution in [0.2, 0.25) is 5.02 Å². The van der Waals surface area contributed by atoms with Crippen LogP contribution in [0.25, 0.3) is 22.7 Å². The minimum absolute atomic E-state index is 0.337. The third-order valence-corrected chi connectivity index (χ3v) is 4.13. The summed E-state index contributed by atoms with van der Waals surface area (Å²) in [6, 6.07) is 10.2. The molecule has 0 radical (unpaired) electrons. The van der Waals surface area contributed by atoms with E-state index in [1.807, 2.05) is 6.92 Å². The molecule has 0 aliphatic carbocycles. The molecule has 1 heterocycles. The lowest BCUT2D eigenvalue weighted by atomic mass is 10.1.